The molecule has 0 radical (unpaired) electrons. The first-order valence-electron chi connectivity index (χ1n) is 12.6. The van der Waals surface area contributed by atoms with Gasteiger partial charge in [0.25, 0.3) is 0 Å². The molecule has 1 spiro atoms. The number of aromatic nitrogens is 4. The van der Waals surface area contributed by atoms with Gasteiger partial charge in [-0.15, -0.1) is 0 Å². The van der Waals surface area contributed by atoms with E-state index in [1.807, 2.05) is 13.0 Å². The van der Waals surface area contributed by atoms with Crippen LogP contribution in [0.3, 0.4) is 0 Å². The Morgan fingerprint density at radius 2 is 1.92 bits per heavy atom. The van der Waals surface area contributed by atoms with Gasteiger partial charge in [0.1, 0.15) is 5.82 Å². The molecule has 182 valence electrons. The first kappa shape index (κ1) is 21.5. The second kappa shape index (κ2) is 7.13. The number of para-hydroxylation sites is 1. The van der Waals surface area contributed by atoms with Crippen molar-refractivity contribution in [1.82, 2.24) is 24.4 Å². The van der Waals surface area contributed by atoms with Gasteiger partial charge in [-0.25, -0.2) is 14.3 Å². The van der Waals surface area contributed by atoms with Gasteiger partial charge >= 0.3 is 5.69 Å². The van der Waals surface area contributed by atoms with Gasteiger partial charge in [0.2, 0.25) is 5.95 Å². The molecular weight excluding hydrogens is 450 g/mol. The first-order chi connectivity index (χ1) is 17.3. The van der Waals surface area contributed by atoms with Crippen molar-refractivity contribution >= 4 is 28.5 Å². The van der Waals surface area contributed by atoms with E-state index in [-0.39, 0.29) is 16.8 Å². The monoisotopic (exact) mass is 479 g/mol. The van der Waals surface area contributed by atoms with Crippen LogP contribution in [0.25, 0.3) is 16.7 Å². The second-order valence-corrected chi connectivity index (χ2v) is 10.9. The number of nitrogens with zero attached hydrogens (tertiary/aromatic N) is 5. The quantitative estimate of drug-likeness (QED) is 0.442. The average molecular weight is 480 g/mol. The lowest BCUT2D eigenvalue weighted by atomic mass is 9.83. The molecule has 2 N–H and O–H groups in total. The second-order valence-electron chi connectivity index (χ2n) is 10.9. The Kier molecular flexibility index (Phi) is 4.26. The molecule has 0 bridgehead atoms. The molecule has 2 aliphatic heterocycles. The molecule has 8 nitrogen and oxygen atoms in total. The number of anilines is 3. The van der Waals surface area contributed by atoms with E-state index in [1.165, 1.54) is 16.7 Å². The maximum absolute atomic E-state index is 13.3. The zero-order valence-corrected chi connectivity index (χ0v) is 21.0. The summed E-state index contributed by atoms with van der Waals surface area (Å²) in [5.74, 6) is 1.16. The molecule has 8 heteroatoms. The third kappa shape index (κ3) is 2.97. The van der Waals surface area contributed by atoms with Gasteiger partial charge in [-0.3, -0.25) is 4.90 Å². The Bertz CT molecular complexity index is 1630. The van der Waals surface area contributed by atoms with Crippen LogP contribution in [0, 0.1) is 6.92 Å². The maximum Gasteiger partial charge on any atom is 0.355 e. The predicted octanol–water partition coefficient (Wildman–Crippen LogP) is 4.37. The molecule has 0 unspecified atom stereocenters. The fourth-order valence-electron chi connectivity index (χ4n) is 5.91. The molecule has 3 aliphatic rings. The van der Waals surface area contributed by atoms with Crippen LogP contribution in [0.1, 0.15) is 48.9 Å². The number of fused-ring (bicyclic) bond motifs is 7. The number of rotatable bonds is 2. The lowest BCUT2D eigenvalue weighted by molar-refractivity contribution is 0.143. The molecule has 2 aromatic carbocycles. The highest BCUT2D eigenvalue weighted by atomic mass is 16.1. The SMILES string of the molecule is Cc1cccc2c1-n1c(c3cnc(Nc4ccc5c(c4)CCN(C)C5(C)C)nc3nc1=O)NC21CC1. The molecule has 7 rings (SSSR count). The van der Waals surface area contributed by atoms with Crippen LogP contribution in [-0.4, -0.2) is 38.0 Å². The van der Waals surface area contributed by atoms with Crippen molar-refractivity contribution in [1.29, 1.82) is 0 Å². The van der Waals surface area contributed by atoms with Gasteiger partial charge in [0.05, 0.1) is 16.6 Å². The normalized spacial score (nSPS) is 18.8. The predicted molar refractivity (Wildman–Crippen MR) is 141 cm³/mol. The van der Waals surface area contributed by atoms with Crippen molar-refractivity contribution in [2.24, 2.45) is 0 Å². The topological polar surface area (TPSA) is 88.0 Å². The number of hydrogen-bond donors (Lipinski definition) is 2. The number of likely N-dealkylation sites (N-methyl/N-ethyl adjacent to an activating group) is 1. The Morgan fingerprint density at radius 1 is 1.08 bits per heavy atom. The van der Waals surface area contributed by atoms with Crippen molar-refractivity contribution in [2.75, 3.05) is 24.2 Å². The molecule has 0 atom stereocenters. The summed E-state index contributed by atoms with van der Waals surface area (Å²) in [6.45, 7) is 7.58. The molecule has 1 aliphatic carbocycles. The summed E-state index contributed by atoms with van der Waals surface area (Å²) in [6.07, 6.45) is 4.84. The summed E-state index contributed by atoms with van der Waals surface area (Å²) in [5.41, 5.74) is 6.72. The van der Waals surface area contributed by atoms with Crippen molar-refractivity contribution in [3.05, 3.63) is 75.3 Å². The van der Waals surface area contributed by atoms with Gasteiger partial charge in [0.15, 0.2) is 5.65 Å². The molecular formula is C28H29N7O. The molecule has 36 heavy (non-hydrogen) atoms. The minimum absolute atomic E-state index is 0.000337. The fourth-order valence-corrected chi connectivity index (χ4v) is 5.91. The van der Waals surface area contributed by atoms with Crippen LogP contribution in [-0.2, 0) is 17.5 Å². The van der Waals surface area contributed by atoms with Gasteiger partial charge in [0, 0.05) is 29.5 Å². The van der Waals surface area contributed by atoms with E-state index in [0.29, 0.717) is 11.6 Å². The van der Waals surface area contributed by atoms with Crippen molar-refractivity contribution in [3.8, 4) is 5.69 Å². The molecule has 0 amide bonds. The van der Waals surface area contributed by atoms with Gasteiger partial charge in [-0.2, -0.15) is 9.97 Å². The summed E-state index contributed by atoms with van der Waals surface area (Å²) in [4.78, 5) is 29.3. The van der Waals surface area contributed by atoms with E-state index in [9.17, 15) is 4.79 Å². The average Bonchev–Trinajstić information content (AvgIpc) is 3.62. The Balaban J connectivity index is 1.29. The van der Waals surface area contributed by atoms with Crippen LogP contribution in [0.4, 0.5) is 17.5 Å². The van der Waals surface area contributed by atoms with E-state index < -0.39 is 0 Å². The molecule has 4 heterocycles. The van der Waals surface area contributed by atoms with Crippen molar-refractivity contribution < 1.29 is 0 Å². The van der Waals surface area contributed by atoms with Gasteiger partial charge in [-0.1, -0.05) is 24.3 Å². The molecule has 4 aromatic rings. The van der Waals surface area contributed by atoms with Crippen LogP contribution in [0.5, 0.6) is 0 Å². The smallest absolute Gasteiger partial charge is 0.355 e. The molecule has 0 saturated heterocycles. The number of nitrogens with one attached hydrogen (secondary N) is 2. The number of hydrogen-bond acceptors (Lipinski definition) is 7. The molecule has 2 aromatic heterocycles. The first-order valence-corrected chi connectivity index (χ1v) is 12.6. The largest absolute Gasteiger partial charge is 0.361 e. The van der Waals surface area contributed by atoms with E-state index in [1.54, 1.807) is 10.8 Å². The fraction of sp³-hybridized carbons (Fsp3) is 0.357. The van der Waals surface area contributed by atoms with Crippen molar-refractivity contribution in [2.45, 2.75) is 51.1 Å². The highest BCUT2D eigenvalue weighted by Gasteiger charge is 2.49. The molecule has 1 saturated carbocycles. The summed E-state index contributed by atoms with van der Waals surface area (Å²) < 4.78 is 1.69. The van der Waals surface area contributed by atoms with Gasteiger partial charge in [-0.05, 0) is 75.9 Å². The van der Waals surface area contributed by atoms with E-state index in [4.69, 9.17) is 0 Å². The maximum atomic E-state index is 13.3. The highest BCUT2D eigenvalue weighted by molar-refractivity contribution is 5.89. The third-order valence-corrected chi connectivity index (χ3v) is 8.42. The van der Waals surface area contributed by atoms with E-state index in [2.05, 4.69) is 81.7 Å². The van der Waals surface area contributed by atoms with E-state index >= 15 is 0 Å². The highest BCUT2D eigenvalue weighted by Crippen LogP contribution is 2.53. The zero-order valence-electron chi connectivity index (χ0n) is 21.0. The van der Waals surface area contributed by atoms with Crippen LogP contribution in [0.15, 0.2) is 47.4 Å². The van der Waals surface area contributed by atoms with E-state index in [0.717, 1.165) is 53.9 Å². The Labute approximate surface area is 209 Å². The van der Waals surface area contributed by atoms with Crippen molar-refractivity contribution in [3.63, 3.8) is 0 Å². The Morgan fingerprint density at radius 3 is 2.72 bits per heavy atom. The summed E-state index contributed by atoms with van der Waals surface area (Å²) in [6, 6.07) is 12.7. The molecule has 1 fully saturated rings. The lowest BCUT2D eigenvalue weighted by Crippen LogP contribution is -2.43. The number of benzene rings is 2. The summed E-state index contributed by atoms with van der Waals surface area (Å²) in [7, 11) is 2.17. The summed E-state index contributed by atoms with van der Waals surface area (Å²) >= 11 is 0. The van der Waals surface area contributed by atoms with Crippen LogP contribution < -0.4 is 16.3 Å². The minimum atomic E-state index is -0.333. The zero-order chi connectivity index (χ0) is 24.8. The van der Waals surface area contributed by atoms with Gasteiger partial charge < -0.3 is 10.6 Å². The summed E-state index contributed by atoms with van der Waals surface area (Å²) in [5, 5.41) is 7.73. The standard InChI is InChI=1S/C28H29N7O/c1-16-6-5-7-21-22(16)35-24(33-28(21)11-12-28)19-15-29-25(31-23(19)32-26(35)36)30-18-8-9-20-17(14-18)10-13-34(4)27(20,2)3/h5-9,14-15,33H,10-13H2,1-4H3,(H,30,31,32,36). The van der Waals surface area contributed by atoms with Crippen LogP contribution >= 0.6 is 0 Å². The van der Waals surface area contributed by atoms with Crippen LogP contribution in [0.2, 0.25) is 0 Å². The minimum Gasteiger partial charge on any atom is -0.361 e. The lowest BCUT2D eigenvalue weighted by Gasteiger charge is -2.41. The Hall–Kier alpha value is -3.78. The third-order valence-electron chi connectivity index (χ3n) is 8.42. The number of aryl methyl sites for hydroxylation is 1.